The summed E-state index contributed by atoms with van der Waals surface area (Å²) >= 11 is 4.67. The highest BCUT2D eigenvalue weighted by Crippen LogP contribution is 2.34. The van der Waals surface area contributed by atoms with Crippen molar-refractivity contribution >= 4 is 23.1 Å². The summed E-state index contributed by atoms with van der Waals surface area (Å²) in [5.74, 6) is -0.0846. The maximum absolute atomic E-state index is 11.4. The van der Waals surface area contributed by atoms with E-state index >= 15 is 0 Å². The smallest absolute Gasteiger partial charge is 0.227 e. The number of nitrogens with one attached hydrogen (secondary N) is 1. The molecule has 0 aromatic rings. The van der Waals surface area contributed by atoms with E-state index in [1.165, 1.54) is 0 Å². The molecule has 0 spiro atoms. The Balaban J connectivity index is 1.81. The van der Waals surface area contributed by atoms with Crippen molar-refractivity contribution in [2.45, 2.75) is 43.9 Å². The molecule has 2 bridgehead atoms. The van der Waals surface area contributed by atoms with Crippen molar-refractivity contribution in [1.29, 1.82) is 0 Å². The Labute approximate surface area is 88.2 Å². The highest BCUT2D eigenvalue weighted by Gasteiger charge is 2.41. The topological polar surface area (TPSA) is 64.4 Å². The van der Waals surface area contributed by atoms with Crippen molar-refractivity contribution in [3.63, 3.8) is 0 Å². The normalized spacial score (nSPS) is 34.4. The summed E-state index contributed by atoms with van der Waals surface area (Å²) in [6.07, 6.45) is 3.84. The zero-order valence-electron chi connectivity index (χ0n) is 7.86. The third-order valence-corrected chi connectivity index (χ3v) is 2.93. The second-order valence-electron chi connectivity index (χ2n) is 3.93. The number of hydrogen-bond acceptors (Lipinski definition) is 3. The summed E-state index contributed by atoms with van der Waals surface area (Å²) in [5.41, 5.74) is 5.28. The number of thiocarbonyl (C=S) groups is 1. The second kappa shape index (κ2) is 3.82. The Morgan fingerprint density at radius 1 is 1.57 bits per heavy atom. The van der Waals surface area contributed by atoms with Gasteiger partial charge in [-0.2, -0.15) is 0 Å². The predicted molar refractivity (Wildman–Crippen MR) is 55.8 cm³/mol. The van der Waals surface area contributed by atoms with Gasteiger partial charge in [-0.05, 0) is 19.3 Å². The van der Waals surface area contributed by atoms with E-state index in [0.29, 0.717) is 6.10 Å². The molecule has 78 valence electrons. The van der Waals surface area contributed by atoms with Crippen LogP contribution in [0.25, 0.3) is 0 Å². The Morgan fingerprint density at radius 2 is 2.36 bits per heavy atom. The second-order valence-corrected chi connectivity index (χ2v) is 4.45. The molecular formula is C9H14N2O2S. The number of nitrogens with two attached hydrogens (primary N) is 1. The summed E-state index contributed by atoms with van der Waals surface area (Å²) in [6.45, 7) is 0. The van der Waals surface area contributed by atoms with E-state index < -0.39 is 0 Å². The average molecular weight is 214 g/mol. The first kappa shape index (κ1) is 9.86. The van der Waals surface area contributed by atoms with Crippen LogP contribution >= 0.6 is 12.2 Å². The summed E-state index contributed by atoms with van der Waals surface area (Å²) in [6, 6.07) is 0.176. The van der Waals surface area contributed by atoms with Gasteiger partial charge in [0.2, 0.25) is 5.91 Å². The molecule has 2 aliphatic heterocycles. The highest BCUT2D eigenvalue weighted by molar-refractivity contribution is 7.80. The summed E-state index contributed by atoms with van der Waals surface area (Å²) in [5, 5.41) is 2.91. The molecule has 1 amide bonds. The summed E-state index contributed by atoms with van der Waals surface area (Å²) in [4.78, 5) is 11.6. The van der Waals surface area contributed by atoms with Crippen LogP contribution in [-0.2, 0) is 9.53 Å². The van der Waals surface area contributed by atoms with Crippen molar-refractivity contribution in [3.8, 4) is 0 Å². The Morgan fingerprint density at radius 3 is 2.86 bits per heavy atom. The molecule has 2 rings (SSSR count). The molecule has 0 aliphatic carbocycles. The van der Waals surface area contributed by atoms with Gasteiger partial charge in [-0.25, -0.2) is 0 Å². The minimum absolute atomic E-state index is 0.0846. The number of carbonyl (C=O) groups is 1. The monoisotopic (exact) mass is 214 g/mol. The van der Waals surface area contributed by atoms with E-state index in [-0.39, 0.29) is 29.5 Å². The van der Waals surface area contributed by atoms with Gasteiger partial charge >= 0.3 is 0 Å². The standard InChI is InChI=1S/C9H14N2O2S/c10-8(14)4-9(12)11-6-3-5-1-2-7(6)13-5/h5-7H,1-4H2,(H2,10,14)(H,11,12). The van der Waals surface area contributed by atoms with Crippen molar-refractivity contribution in [1.82, 2.24) is 5.32 Å². The molecule has 2 aliphatic rings. The van der Waals surface area contributed by atoms with Crippen molar-refractivity contribution < 1.29 is 9.53 Å². The van der Waals surface area contributed by atoms with Crippen LogP contribution in [0.5, 0.6) is 0 Å². The number of hydrogen-bond donors (Lipinski definition) is 2. The van der Waals surface area contributed by atoms with Gasteiger partial charge in [-0.15, -0.1) is 0 Å². The van der Waals surface area contributed by atoms with Gasteiger partial charge in [0.15, 0.2) is 0 Å². The lowest BCUT2D eigenvalue weighted by Gasteiger charge is -2.19. The fourth-order valence-electron chi connectivity index (χ4n) is 2.21. The number of rotatable bonds is 3. The van der Waals surface area contributed by atoms with E-state index in [1.54, 1.807) is 0 Å². The van der Waals surface area contributed by atoms with Crippen LogP contribution < -0.4 is 11.1 Å². The van der Waals surface area contributed by atoms with Gasteiger partial charge in [0.1, 0.15) is 0 Å². The molecule has 4 nitrogen and oxygen atoms in total. The fraction of sp³-hybridized carbons (Fsp3) is 0.778. The summed E-state index contributed by atoms with van der Waals surface area (Å²) < 4.78 is 5.61. The van der Waals surface area contributed by atoms with Crippen LogP contribution in [-0.4, -0.2) is 29.1 Å². The number of carbonyl (C=O) groups excluding carboxylic acids is 1. The van der Waals surface area contributed by atoms with Gasteiger partial charge in [0.25, 0.3) is 0 Å². The minimum atomic E-state index is -0.0846. The molecule has 3 atom stereocenters. The van der Waals surface area contributed by atoms with Crippen molar-refractivity contribution in [2.24, 2.45) is 5.73 Å². The van der Waals surface area contributed by atoms with Gasteiger partial charge in [-0.3, -0.25) is 4.79 Å². The van der Waals surface area contributed by atoms with Crippen molar-refractivity contribution in [2.75, 3.05) is 0 Å². The quantitative estimate of drug-likeness (QED) is 0.654. The van der Waals surface area contributed by atoms with Gasteiger partial charge in [0.05, 0.1) is 29.7 Å². The maximum atomic E-state index is 11.4. The highest BCUT2D eigenvalue weighted by atomic mass is 32.1. The SMILES string of the molecule is NC(=S)CC(=O)NC1CC2CCC1O2. The van der Waals surface area contributed by atoms with Crippen molar-refractivity contribution in [3.05, 3.63) is 0 Å². The zero-order valence-corrected chi connectivity index (χ0v) is 8.68. The van der Waals surface area contributed by atoms with Crippen LogP contribution in [0.15, 0.2) is 0 Å². The third kappa shape index (κ3) is 2.04. The number of fused-ring (bicyclic) bond motifs is 2. The predicted octanol–water partition coefficient (Wildman–Crippen LogP) is 0.0987. The molecule has 5 heteroatoms. The van der Waals surface area contributed by atoms with E-state index in [2.05, 4.69) is 17.5 Å². The van der Waals surface area contributed by atoms with E-state index in [0.717, 1.165) is 19.3 Å². The molecule has 2 saturated heterocycles. The zero-order chi connectivity index (χ0) is 10.1. The molecular weight excluding hydrogens is 200 g/mol. The average Bonchev–Trinajstić information content (AvgIpc) is 2.62. The number of ether oxygens (including phenoxy) is 1. The van der Waals surface area contributed by atoms with E-state index in [4.69, 9.17) is 10.5 Å². The lowest BCUT2D eigenvalue weighted by molar-refractivity contribution is -0.120. The first-order chi connectivity index (χ1) is 6.65. The fourth-order valence-corrected chi connectivity index (χ4v) is 2.34. The van der Waals surface area contributed by atoms with E-state index in [9.17, 15) is 4.79 Å². The van der Waals surface area contributed by atoms with Crippen LogP contribution in [0.4, 0.5) is 0 Å². The largest absolute Gasteiger partial charge is 0.393 e. The molecule has 0 saturated carbocycles. The Kier molecular flexibility index (Phi) is 2.69. The molecule has 3 unspecified atom stereocenters. The lowest BCUT2D eigenvalue weighted by atomic mass is 9.95. The molecule has 2 fully saturated rings. The molecule has 0 aromatic heterocycles. The van der Waals surface area contributed by atoms with Crippen LogP contribution in [0.2, 0.25) is 0 Å². The molecule has 3 N–H and O–H groups in total. The third-order valence-electron chi connectivity index (χ3n) is 2.79. The number of amides is 1. The molecule has 0 radical (unpaired) electrons. The first-order valence-corrected chi connectivity index (χ1v) is 5.29. The maximum Gasteiger partial charge on any atom is 0.227 e. The van der Waals surface area contributed by atoms with Crippen LogP contribution in [0.1, 0.15) is 25.7 Å². The Hall–Kier alpha value is -0.680. The first-order valence-electron chi connectivity index (χ1n) is 4.88. The van der Waals surface area contributed by atoms with Gasteiger partial charge < -0.3 is 15.8 Å². The molecule has 0 aromatic carbocycles. The van der Waals surface area contributed by atoms with Gasteiger partial charge in [0, 0.05) is 0 Å². The molecule has 14 heavy (non-hydrogen) atoms. The van der Waals surface area contributed by atoms with Crippen LogP contribution in [0, 0.1) is 0 Å². The molecule has 2 heterocycles. The summed E-state index contributed by atoms with van der Waals surface area (Å²) in [7, 11) is 0. The van der Waals surface area contributed by atoms with E-state index in [1.807, 2.05) is 0 Å². The lowest BCUT2D eigenvalue weighted by Crippen LogP contribution is -2.42. The Bertz CT molecular complexity index is 270. The van der Waals surface area contributed by atoms with Crippen LogP contribution in [0.3, 0.4) is 0 Å². The minimum Gasteiger partial charge on any atom is -0.393 e. The van der Waals surface area contributed by atoms with Gasteiger partial charge in [-0.1, -0.05) is 12.2 Å².